The Morgan fingerprint density at radius 1 is 1.12 bits per heavy atom. The first-order valence-electron chi connectivity index (χ1n) is 8.17. The van der Waals surface area contributed by atoms with Crippen molar-refractivity contribution in [1.29, 1.82) is 0 Å². The lowest BCUT2D eigenvalue weighted by atomic mass is 10.1. The molecule has 18 nitrogen and oxygen atoms in total. The first-order chi connectivity index (χ1) is 14.6. The third-order valence-corrected chi connectivity index (χ3v) is 8.37. The zero-order valence-electron chi connectivity index (χ0n) is 15.3. The number of hydrogen-bond acceptors (Lipinski definition) is 14. The van der Waals surface area contributed by atoms with Gasteiger partial charge in [0.2, 0.25) is 5.96 Å². The fourth-order valence-corrected chi connectivity index (χ4v) is 6.57. The third-order valence-electron chi connectivity index (χ3n) is 3.97. The topological polar surface area (TPSA) is 276 Å². The van der Waals surface area contributed by atoms with Gasteiger partial charge in [0.15, 0.2) is 18.1 Å². The maximum Gasteiger partial charge on any atom is 0.488 e. The summed E-state index contributed by atoms with van der Waals surface area (Å²) >= 11 is 3.96. The van der Waals surface area contributed by atoms with Gasteiger partial charge in [0.1, 0.15) is 18.3 Å². The number of aliphatic hydroxyl groups is 2. The Morgan fingerprint density at radius 2 is 1.78 bits per heavy atom. The number of carbonyl (C=O) groups is 1. The van der Waals surface area contributed by atoms with Gasteiger partial charge in [-0.3, -0.25) is 19.2 Å². The van der Waals surface area contributed by atoms with Gasteiger partial charge in [0.05, 0.1) is 12.9 Å². The molecule has 3 aliphatic rings. The minimum absolute atomic E-state index is 0.0430. The van der Waals surface area contributed by atoms with Crippen molar-refractivity contribution in [2.75, 3.05) is 6.61 Å². The number of guanidine groups is 1. The minimum atomic E-state index is -5.52. The second kappa shape index (κ2) is 8.98. The number of aliphatic hydroxyl groups excluding tert-OH is 2. The summed E-state index contributed by atoms with van der Waals surface area (Å²) in [6.07, 6.45) is -5.15. The molecule has 7 atom stereocenters. The molecule has 1 amide bonds. The highest BCUT2D eigenvalue weighted by Gasteiger charge is 2.50. The number of nitrogens with two attached hydrogens (primary N) is 1. The number of amidine groups is 1. The van der Waals surface area contributed by atoms with Crippen molar-refractivity contribution in [3.05, 3.63) is 0 Å². The Bertz CT molecular complexity index is 1030. The van der Waals surface area contributed by atoms with Gasteiger partial charge < -0.3 is 40.3 Å². The van der Waals surface area contributed by atoms with E-state index in [9.17, 15) is 33.9 Å². The van der Waals surface area contributed by atoms with E-state index in [1.165, 1.54) is 0 Å². The summed E-state index contributed by atoms with van der Waals surface area (Å²) in [5.41, 5.74) is 5.44. The first-order valence-corrected chi connectivity index (χ1v) is 13.8. The van der Waals surface area contributed by atoms with Gasteiger partial charge in [0, 0.05) is 0 Å². The predicted molar refractivity (Wildman–Crippen MR) is 105 cm³/mol. The molecule has 8 N–H and O–H groups in total. The van der Waals surface area contributed by atoms with Gasteiger partial charge in [-0.2, -0.15) is 14.3 Å². The Kier molecular flexibility index (Phi) is 7.18. The number of amides is 1. The van der Waals surface area contributed by atoms with Crippen LogP contribution in [0.3, 0.4) is 0 Å². The second-order valence-corrected chi connectivity index (χ2v) is 12.1. The van der Waals surface area contributed by atoms with Gasteiger partial charge in [-0.25, -0.2) is 13.4 Å². The normalized spacial score (nSPS) is 34.0. The van der Waals surface area contributed by atoms with Crippen molar-refractivity contribution >= 4 is 58.2 Å². The number of fused-ring (bicyclic) bond motifs is 1. The second-order valence-electron chi connectivity index (χ2n) is 6.29. The Labute approximate surface area is 183 Å². The molecular weight excluding hydrogens is 523 g/mol. The standard InChI is InChI=1S/C10H16N5O13P3S/c11-10-13-7-4(8(18)14-10)12-2-15(7)9-6(17)5(16)3(26-9)1-25-29(19,20)27-30(21,22)28-31(23,24)32/h2-6,9,16-17H,1H2,(H,19,20)(H,21,22)(H2,11,14,18)(H2,23,24,32). The number of hydrogen-bond donors (Lipinski definition) is 7. The van der Waals surface area contributed by atoms with Crippen molar-refractivity contribution in [3.8, 4) is 0 Å². The molecule has 32 heavy (non-hydrogen) atoms. The molecule has 7 unspecified atom stereocenters. The molecule has 0 aromatic carbocycles. The van der Waals surface area contributed by atoms with Crippen LogP contribution in [0.5, 0.6) is 0 Å². The van der Waals surface area contributed by atoms with E-state index in [2.05, 4.69) is 39.9 Å². The van der Waals surface area contributed by atoms with Crippen LogP contribution in [-0.2, 0) is 43.6 Å². The molecule has 1 fully saturated rings. The van der Waals surface area contributed by atoms with Gasteiger partial charge in [-0.15, -0.1) is 0 Å². The number of phosphoric acid groups is 2. The van der Waals surface area contributed by atoms with Crippen LogP contribution in [0.1, 0.15) is 0 Å². The smallest absolute Gasteiger partial charge is 0.387 e. The summed E-state index contributed by atoms with van der Waals surface area (Å²) < 4.78 is 40.8. The minimum Gasteiger partial charge on any atom is -0.387 e. The molecule has 3 heterocycles. The average Bonchev–Trinajstić information content (AvgIpc) is 3.12. The maximum absolute atomic E-state index is 11.9. The molecule has 22 heteroatoms. The largest absolute Gasteiger partial charge is 0.488 e. The molecule has 3 aliphatic heterocycles. The molecule has 1 saturated heterocycles. The molecule has 0 bridgehead atoms. The molecule has 3 rings (SSSR count). The van der Waals surface area contributed by atoms with E-state index in [-0.39, 0.29) is 11.8 Å². The van der Waals surface area contributed by atoms with E-state index in [0.717, 1.165) is 11.2 Å². The number of ether oxygens (including phenoxy) is 1. The van der Waals surface area contributed by atoms with E-state index in [1.807, 2.05) is 0 Å². The van der Waals surface area contributed by atoms with Crippen molar-refractivity contribution in [2.24, 2.45) is 20.7 Å². The molecule has 0 aromatic rings. The third kappa shape index (κ3) is 5.91. The average molecular weight is 539 g/mol. The summed E-state index contributed by atoms with van der Waals surface area (Å²) in [6.45, 7) is -5.69. The highest BCUT2D eigenvalue weighted by molar-refractivity contribution is 8.08. The highest BCUT2D eigenvalue weighted by Crippen LogP contribution is 2.66. The van der Waals surface area contributed by atoms with Crippen LogP contribution >= 0.6 is 22.4 Å². The SMILES string of the molecule is NC1=NC(=O)C2N=CN(C3OC(COP(=O)(O)OP(=O)(O)OP(O)(O)=S)C(O)C3O)C2=N1. The van der Waals surface area contributed by atoms with Gasteiger partial charge in [-0.1, -0.05) is 0 Å². The monoisotopic (exact) mass is 539 g/mol. The van der Waals surface area contributed by atoms with Crippen LogP contribution in [0, 0.1) is 0 Å². The van der Waals surface area contributed by atoms with Crippen molar-refractivity contribution in [1.82, 2.24) is 4.90 Å². The fourth-order valence-electron chi connectivity index (χ4n) is 2.78. The van der Waals surface area contributed by atoms with Crippen LogP contribution in [-0.4, -0.2) is 95.9 Å². The number of nitrogens with zero attached hydrogens (tertiary/aromatic N) is 4. The molecule has 0 spiro atoms. The van der Waals surface area contributed by atoms with Gasteiger partial charge in [0.25, 0.3) is 5.91 Å². The number of carbonyl (C=O) groups excluding carboxylic acids is 1. The molecule has 0 saturated carbocycles. The molecule has 180 valence electrons. The van der Waals surface area contributed by atoms with Crippen LogP contribution in [0.15, 0.2) is 15.0 Å². The van der Waals surface area contributed by atoms with E-state index < -0.39 is 65.5 Å². The summed E-state index contributed by atoms with van der Waals surface area (Å²) in [6, 6.07) is -1.13. The van der Waals surface area contributed by atoms with Crippen LogP contribution in [0.4, 0.5) is 0 Å². The number of aliphatic imine (C=N–C) groups is 3. The fraction of sp³-hybridized carbons (Fsp3) is 0.600. The van der Waals surface area contributed by atoms with Crippen molar-refractivity contribution < 1.29 is 61.6 Å². The molecule has 0 aliphatic carbocycles. The first kappa shape index (κ1) is 25.6. The maximum atomic E-state index is 11.9. The summed E-state index contributed by atoms with van der Waals surface area (Å²) in [7, 11) is -10.9. The van der Waals surface area contributed by atoms with E-state index >= 15 is 0 Å². The van der Waals surface area contributed by atoms with Crippen molar-refractivity contribution in [3.63, 3.8) is 0 Å². The summed E-state index contributed by atoms with van der Waals surface area (Å²) in [5.74, 6) is -1.13. The highest BCUT2D eigenvalue weighted by atomic mass is 32.5. The molecular formula is C10H16N5O13P3S. The molecule has 0 aromatic heterocycles. The summed E-state index contributed by atoms with van der Waals surface area (Å²) in [5, 5.41) is 20.5. The van der Waals surface area contributed by atoms with E-state index in [1.54, 1.807) is 0 Å². The van der Waals surface area contributed by atoms with Gasteiger partial charge >= 0.3 is 22.4 Å². The lowest BCUT2D eigenvalue weighted by Crippen LogP contribution is -2.49. The number of phosphoric ester groups is 1. The lowest BCUT2D eigenvalue weighted by Gasteiger charge is -2.27. The van der Waals surface area contributed by atoms with E-state index in [0.29, 0.717) is 0 Å². The lowest BCUT2D eigenvalue weighted by molar-refractivity contribution is -0.117. The van der Waals surface area contributed by atoms with Crippen LogP contribution in [0.2, 0.25) is 0 Å². The quantitative estimate of drug-likeness (QED) is 0.150. The van der Waals surface area contributed by atoms with E-state index in [4.69, 9.17) is 20.3 Å². The summed E-state index contributed by atoms with van der Waals surface area (Å²) in [4.78, 5) is 60.6. The van der Waals surface area contributed by atoms with Crippen molar-refractivity contribution in [2.45, 2.75) is 30.6 Å². The Balaban J connectivity index is 1.65. The Morgan fingerprint density at radius 3 is 2.41 bits per heavy atom. The zero-order chi connectivity index (χ0) is 24.1. The zero-order valence-corrected chi connectivity index (χ0v) is 18.8. The van der Waals surface area contributed by atoms with Crippen LogP contribution in [0.25, 0.3) is 0 Å². The van der Waals surface area contributed by atoms with Crippen LogP contribution < -0.4 is 5.73 Å². The number of rotatable bonds is 8. The van der Waals surface area contributed by atoms with Gasteiger partial charge in [-0.05, 0) is 11.8 Å². The Hall–Kier alpha value is -1.01. The molecule has 0 radical (unpaired) electrons. The predicted octanol–water partition coefficient (Wildman–Crippen LogP) is -3.14.